The number of nitrogens with one attached hydrogen (secondary N) is 2. The summed E-state index contributed by atoms with van der Waals surface area (Å²) < 4.78 is 88.1. The zero-order chi connectivity index (χ0) is 51.1. The molecule has 1 unspecified atom stereocenters. The maximum atomic E-state index is 14.3. The molecule has 17 nitrogen and oxygen atoms in total. The van der Waals surface area contributed by atoms with E-state index in [9.17, 15) is 51.7 Å². The van der Waals surface area contributed by atoms with E-state index in [1.807, 2.05) is 13.0 Å². The van der Waals surface area contributed by atoms with Gasteiger partial charge in [-0.15, -0.1) is 0 Å². The molecule has 2 fully saturated rings. The number of benzene rings is 2. The van der Waals surface area contributed by atoms with Gasteiger partial charge in [-0.25, -0.2) is 18.4 Å². The van der Waals surface area contributed by atoms with Crippen molar-refractivity contribution in [3.05, 3.63) is 75.9 Å². The molecular formula is C46H57ClF4N4O13S. The summed E-state index contributed by atoms with van der Waals surface area (Å²) >= 11 is 7.91. The van der Waals surface area contributed by atoms with Crippen LogP contribution in [0.15, 0.2) is 42.0 Å². The number of esters is 2. The van der Waals surface area contributed by atoms with Crippen molar-refractivity contribution >= 4 is 58.9 Å². The predicted octanol–water partition coefficient (Wildman–Crippen LogP) is 5.10. The summed E-state index contributed by atoms with van der Waals surface area (Å²) in [5.41, 5.74) is -1.30. The zero-order valence-corrected chi connectivity index (χ0v) is 40.8. The molecule has 380 valence electrons. The fraction of sp³-hybridized carbons (Fsp3) is 0.543. The molecule has 0 radical (unpaired) electrons. The van der Waals surface area contributed by atoms with Crippen LogP contribution in [0.1, 0.15) is 58.9 Å². The van der Waals surface area contributed by atoms with E-state index in [1.54, 1.807) is 38.1 Å². The summed E-state index contributed by atoms with van der Waals surface area (Å²) in [5, 5.41) is 27.3. The first-order valence-corrected chi connectivity index (χ1v) is 23.3. The molecule has 2 aromatic carbocycles. The van der Waals surface area contributed by atoms with E-state index >= 15 is 0 Å². The number of halogens is 5. The number of fused-ring (bicyclic) bond motifs is 5. The van der Waals surface area contributed by atoms with Crippen molar-refractivity contribution in [1.29, 1.82) is 0 Å². The summed E-state index contributed by atoms with van der Waals surface area (Å²) in [6.07, 6.45) is -1.72. The molecule has 3 amide bonds. The normalized spacial score (nSPS) is 27.1. The van der Waals surface area contributed by atoms with E-state index < -0.39 is 126 Å². The number of carbonyl (C=O) groups excluding carboxylic acids is 5. The Kier molecular flexibility index (Phi) is 18.6. The Bertz CT molecular complexity index is 2310. The van der Waals surface area contributed by atoms with Gasteiger partial charge < -0.3 is 48.4 Å². The Morgan fingerprint density at radius 1 is 1.12 bits per heavy atom. The van der Waals surface area contributed by atoms with Crippen LogP contribution in [0.25, 0.3) is 0 Å². The van der Waals surface area contributed by atoms with Crippen LogP contribution < -0.4 is 25.0 Å². The highest BCUT2D eigenvalue weighted by Crippen LogP contribution is 2.49. The summed E-state index contributed by atoms with van der Waals surface area (Å²) in [4.78, 5) is 69.0. The average Bonchev–Trinajstić information content (AvgIpc) is 4.00. The Morgan fingerprint density at radius 2 is 1.80 bits per heavy atom. The Balaban J connectivity index is 1.25. The van der Waals surface area contributed by atoms with Crippen molar-refractivity contribution in [2.24, 2.45) is 5.92 Å². The van der Waals surface area contributed by atoms with E-state index in [0.717, 1.165) is 27.8 Å². The van der Waals surface area contributed by atoms with Crippen LogP contribution >= 0.6 is 23.4 Å². The Labute approximate surface area is 405 Å². The SMILES string of the molecule is COc1cc2cc(c1Cl)N(C)C(=O)C[C@H](OC(=O)[C@H](C)N(C)C(=O)CCSCC(O)NCCC(=O)Oc1c(F)c(F)cc(F)c1F)[C@]1(C)O[C@H]1[C@H](C)[C@@H]1C[C@@](O)(NC(=O)O1)[C@H](OC)/C=C/C=C(\C)C2. The predicted molar refractivity (Wildman–Crippen MR) is 243 cm³/mol. The van der Waals surface area contributed by atoms with E-state index in [2.05, 4.69) is 15.4 Å². The van der Waals surface area contributed by atoms with Crippen LogP contribution in [0.4, 0.5) is 28.0 Å². The van der Waals surface area contributed by atoms with Gasteiger partial charge in [0.05, 0.1) is 31.7 Å². The van der Waals surface area contributed by atoms with Gasteiger partial charge in [-0.05, 0) is 44.9 Å². The number of aliphatic hydroxyl groups is 2. The molecule has 3 heterocycles. The van der Waals surface area contributed by atoms with Gasteiger partial charge in [0, 0.05) is 64.1 Å². The number of alkyl carbamates (subject to hydrolysis) is 1. The minimum Gasteiger partial charge on any atom is -0.495 e. The van der Waals surface area contributed by atoms with E-state index in [1.165, 1.54) is 40.1 Å². The number of hydrogen-bond acceptors (Lipinski definition) is 15. The van der Waals surface area contributed by atoms with Crippen molar-refractivity contribution < 1.29 is 80.2 Å². The number of allylic oxidation sites excluding steroid dienone is 3. The minimum atomic E-state index is -1.90. The van der Waals surface area contributed by atoms with Gasteiger partial charge in [-0.2, -0.15) is 20.5 Å². The molecule has 4 N–H and O–H groups in total. The molecule has 69 heavy (non-hydrogen) atoms. The fourth-order valence-electron chi connectivity index (χ4n) is 7.95. The maximum Gasteiger partial charge on any atom is 0.409 e. The van der Waals surface area contributed by atoms with E-state index in [-0.39, 0.29) is 42.0 Å². The summed E-state index contributed by atoms with van der Waals surface area (Å²) in [6, 6.07) is 2.28. The minimum absolute atomic E-state index is 0.0170. The van der Waals surface area contributed by atoms with Crippen LogP contribution in [-0.2, 0) is 44.5 Å². The summed E-state index contributed by atoms with van der Waals surface area (Å²) in [6.45, 7) is 6.46. The molecule has 3 aliphatic heterocycles. The van der Waals surface area contributed by atoms with Gasteiger partial charge in [0.1, 0.15) is 47.0 Å². The summed E-state index contributed by atoms with van der Waals surface area (Å²) in [5.74, 6) is -12.0. The Morgan fingerprint density at radius 3 is 2.45 bits per heavy atom. The lowest BCUT2D eigenvalue weighted by molar-refractivity contribution is -0.162. The molecule has 2 saturated heterocycles. The smallest absolute Gasteiger partial charge is 0.409 e. The summed E-state index contributed by atoms with van der Waals surface area (Å²) in [7, 11) is 5.74. The number of amides is 3. The Hall–Kier alpha value is -4.97. The van der Waals surface area contributed by atoms with Crippen LogP contribution in [0.2, 0.25) is 5.02 Å². The third kappa shape index (κ3) is 13.3. The van der Waals surface area contributed by atoms with Crippen molar-refractivity contribution in [2.75, 3.05) is 51.3 Å². The highest BCUT2D eigenvalue weighted by atomic mass is 35.5. The fourth-order valence-corrected chi connectivity index (χ4v) is 9.09. The van der Waals surface area contributed by atoms with Crippen LogP contribution in [0.5, 0.6) is 11.5 Å². The second kappa shape index (κ2) is 23.3. The van der Waals surface area contributed by atoms with Crippen molar-refractivity contribution in [3.63, 3.8) is 0 Å². The maximum absolute atomic E-state index is 14.3. The van der Waals surface area contributed by atoms with Crippen LogP contribution in [0, 0.1) is 29.2 Å². The number of nitrogens with zero attached hydrogens (tertiary/aromatic N) is 2. The van der Waals surface area contributed by atoms with Gasteiger partial charge in [0.15, 0.2) is 17.4 Å². The van der Waals surface area contributed by atoms with E-state index in [0.29, 0.717) is 17.9 Å². The molecule has 23 heteroatoms. The molecule has 0 aliphatic carbocycles. The number of hydrogen-bond donors (Lipinski definition) is 4. The molecule has 0 saturated carbocycles. The topological polar surface area (TPSA) is 215 Å². The molecule has 2 aromatic rings. The largest absolute Gasteiger partial charge is 0.495 e. The number of carbonyl (C=O) groups is 5. The number of anilines is 1. The van der Waals surface area contributed by atoms with Gasteiger partial charge in [-0.1, -0.05) is 42.3 Å². The van der Waals surface area contributed by atoms with Gasteiger partial charge in [0.2, 0.25) is 29.2 Å². The number of aliphatic hydroxyl groups excluding tert-OH is 1. The lowest BCUT2D eigenvalue weighted by Gasteiger charge is -2.42. The van der Waals surface area contributed by atoms with Crippen LogP contribution in [0.3, 0.4) is 0 Å². The third-order valence-electron chi connectivity index (χ3n) is 12.3. The molecule has 0 spiro atoms. The number of thioether (sulfide) groups is 1. The highest BCUT2D eigenvalue weighted by Gasteiger charge is 2.64. The standard InChI is InChI=1S/C46H57ClF4N4O13S/c1-23-10-9-11-32(64-8)46(62)21-31(65-44(61)53-46)24(2)42-45(4,68-42)33(20-36(58)55(6)29-17-26(16-23)18-30(63-7)38(29)47)66-43(60)25(3)54(5)35(57)13-15-69-22-34(56)52-14-12-37(59)67-41-39(50)27(48)19-28(49)40(41)51/h9-11,17-19,24-25,31-34,42,52,56,62H,12-16,20-22H2,1-8H3,(H,53,61)/b11-9+,23-10+/t24-,25+,31+,32-,33+,34?,42+,45+,46+/m1/s1. The van der Waals surface area contributed by atoms with Gasteiger partial charge in [0.25, 0.3) is 0 Å². The number of ether oxygens (including phenoxy) is 6. The molecule has 3 aliphatic rings. The van der Waals surface area contributed by atoms with E-state index in [4.69, 9.17) is 35.3 Å². The van der Waals surface area contributed by atoms with Crippen molar-refractivity contribution in [3.8, 4) is 11.5 Å². The first-order valence-electron chi connectivity index (χ1n) is 21.8. The second-order valence-corrected chi connectivity index (χ2v) is 18.7. The first-order chi connectivity index (χ1) is 32.4. The lowest BCUT2D eigenvalue weighted by Crippen LogP contribution is -2.63. The number of methoxy groups -OCH3 is 2. The number of rotatable bonds is 15. The highest BCUT2D eigenvalue weighted by molar-refractivity contribution is 7.99. The van der Waals surface area contributed by atoms with Crippen molar-refractivity contribution in [1.82, 2.24) is 15.5 Å². The van der Waals surface area contributed by atoms with Crippen molar-refractivity contribution in [2.45, 2.75) is 108 Å². The molecule has 5 rings (SSSR count). The molecular weight excluding hydrogens is 960 g/mol. The van der Waals surface area contributed by atoms with Gasteiger partial charge in [-0.3, -0.25) is 25.0 Å². The zero-order valence-electron chi connectivity index (χ0n) is 39.2. The molecule has 9 atom stereocenters. The number of likely N-dealkylation sites (N-methyl/N-ethyl adjacent to an activating group) is 1. The third-order valence-corrected chi connectivity index (χ3v) is 13.7. The monoisotopic (exact) mass is 1020 g/mol. The quantitative estimate of drug-likeness (QED) is 0.0348. The van der Waals surface area contributed by atoms with Crippen LogP contribution in [-0.4, -0.2) is 139 Å². The molecule has 0 aromatic heterocycles. The lowest BCUT2D eigenvalue weighted by atomic mass is 9.83. The average molecular weight is 1020 g/mol. The molecule has 4 bridgehead atoms. The van der Waals surface area contributed by atoms with Gasteiger partial charge >= 0.3 is 18.0 Å². The number of epoxide rings is 1. The second-order valence-electron chi connectivity index (χ2n) is 17.2. The first kappa shape index (κ1) is 55.0.